The molecular formula is C36H66. The van der Waals surface area contributed by atoms with E-state index in [-0.39, 0.29) is 0 Å². The molecular weight excluding hydrogens is 432 g/mol. The fraction of sp³-hybridized carbons (Fsp3) is 1.00. The smallest absolute Gasteiger partial charge is 0.0297 e. The van der Waals surface area contributed by atoms with Gasteiger partial charge in [0, 0.05) is 0 Å². The highest BCUT2D eigenvalue weighted by molar-refractivity contribution is 5.02. The second-order valence-corrected chi connectivity index (χ2v) is 17.8. The van der Waals surface area contributed by atoms with Gasteiger partial charge >= 0.3 is 0 Å². The molecule has 8 rings (SSSR count). The summed E-state index contributed by atoms with van der Waals surface area (Å²) in [4.78, 5) is 0. The molecule has 2 unspecified atom stereocenters. The second-order valence-electron chi connectivity index (χ2n) is 17.8. The Morgan fingerprint density at radius 2 is 0.833 bits per heavy atom. The fourth-order valence-corrected chi connectivity index (χ4v) is 10.1. The molecule has 0 radical (unpaired) electrons. The van der Waals surface area contributed by atoms with E-state index in [0.29, 0.717) is 21.7 Å². The first-order valence-electron chi connectivity index (χ1n) is 16.8. The molecule has 0 heteroatoms. The van der Waals surface area contributed by atoms with Crippen LogP contribution in [0.5, 0.6) is 0 Å². The van der Waals surface area contributed by atoms with Crippen molar-refractivity contribution in [2.75, 3.05) is 0 Å². The molecule has 0 aromatic heterocycles. The van der Waals surface area contributed by atoms with Crippen LogP contribution in [0.4, 0.5) is 0 Å². The summed E-state index contributed by atoms with van der Waals surface area (Å²) in [6.45, 7) is 19.4. The summed E-state index contributed by atoms with van der Waals surface area (Å²) < 4.78 is 0. The third-order valence-corrected chi connectivity index (χ3v) is 12.9. The van der Waals surface area contributed by atoms with Gasteiger partial charge in [0.2, 0.25) is 0 Å². The number of hydrogen-bond donors (Lipinski definition) is 0. The Morgan fingerprint density at radius 1 is 0.417 bits per heavy atom. The van der Waals surface area contributed by atoms with Gasteiger partial charge in [-0.05, 0) is 134 Å². The van der Waals surface area contributed by atoms with Crippen LogP contribution in [0.25, 0.3) is 0 Å². The van der Waals surface area contributed by atoms with Crippen molar-refractivity contribution in [3.63, 3.8) is 0 Å². The molecule has 210 valence electrons. The lowest BCUT2D eigenvalue weighted by Crippen LogP contribution is -2.49. The van der Waals surface area contributed by atoms with E-state index in [4.69, 9.17) is 0 Å². The lowest BCUT2D eigenvalue weighted by Gasteiger charge is -2.59. The molecule has 8 aliphatic carbocycles. The van der Waals surface area contributed by atoms with Crippen LogP contribution in [-0.2, 0) is 0 Å². The summed E-state index contributed by atoms with van der Waals surface area (Å²) >= 11 is 0. The lowest BCUT2D eigenvalue weighted by atomic mass is 9.46. The first-order chi connectivity index (χ1) is 16.8. The maximum atomic E-state index is 2.53. The van der Waals surface area contributed by atoms with Crippen molar-refractivity contribution in [1.29, 1.82) is 0 Å². The molecule has 0 saturated heterocycles. The Labute approximate surface area is 227 Å². The molecule has 36 heavy (non-hydrogen) atoms. The largest absolute Gasteiger partial charge is 0.0599 e. The van der Waals surface area contributed by atoms with Crippen molar-refractivity contribution < 1.29 is 0 Å². The van der Waals surface area contributed by atoms with Gasteiger partial charge in [-0.3, -0.25) is 0 Å². The SMILES string of the molecule is CC1(C)C2CC3CC(C2)CC1C3.CC1(C)CC2CCC1C2.CC1(C)CCCC1.CC1(C)CCCCC1. The van der Waals surface area contributed by atoms with E-state index < -0.39 is 0 Å². The number of rotatable bonds is 0. The zero-order valence-corrected chi connectivity index (χ0v) is 26.2. The van der Waals surface area contributed by atoms with E-state index >= 15 is 0 Å². The lowest BCUT2D eigenvalue weighted by molar-refractivity contribution is -0.0876. The van der Waals surface area contributed by atoms with Gasteiger partial charge in [0.25, 0.3) is 0 Å². The Balaban J connectivity index is 0.000000116. The summed E-state index contributed by atoms with van der Waals surface area (Å²) in [5, 5.41) is 0. The van der Waals surface area contributed by atoms with Gasteiger partial charge in [-0.2, -0.15) is 0 Å². The normalized spacial score (nSPS) is 41.3. The molecule has 0 aliphatic heterocycles. The first-order valence-corrected chi connectivity index (χ1v) is 16.8. The van der Waals surface area contributed by atoms with Crippen LogP contribution in [0, 0.1) is 57.2 Å². The highest BCUT2D eigenvalue weighted by Gasteiger charge is 2.52. The Morgan fingerprint density at radius 3 is 1.08 bits per heavy atom. The molecule has 0 N–H and O–H groups in total. The molecule has 6 bridgehead atoms. The van der Waals surface area contributed by atoms with Crippen molar-refractivity contribution in [1.82, 2.24) is 0 Å². The zero-order valence-electron chi connectivity index (χ0n) is 26.2. The van der Waals surface area contributed by atoms with Crippen molar-refractivity contribution in [2.24, 2.45) is 57.2 Å². The van der Waals surface area contributed by atoms with Crippen LogP contribution in [0.15, 0.2) is 0 Å². The molecule has 0 heterocycles. The summed E-state index contributed by atoms with van der Waals surface area (Å²) in [6, 6.07) is 0. The third-order valence-electron chi connectivity index (χ3n) is 12.9. The maximum Gasteiger partial charge on any atom is -0.0297 e. The van der Waals surface area contributed by atoms with Crippen LogP contribution < -0.4 is 0 Å². The minimum atomic E-state index is 0.679. The highest BCUT2D eigenvalue weighted by Crippen LogP contribution is 2.61. The minimum absolute atomic E-state index is 0.679. The van der Waals surface area contributed by atoms with Crippen LogP contribution in [0.3, 0.4) is 0 Å². The van der Waals surface area contributed by atoms with Gasteiger partial charge in [-0.25, -0.2) is 0 Å². The van der Waals surface area contributed by atoms with E-state index in [1.54, 1.807) is 38.5 Å². The average molecular weight is 499 g/mol. The number of hydrogen-bond acceptors (Lipinski definition) is 0. The summed E-state index contributed by atoms with van der Waals surface area (Å²) in [7, 11) is 0. The second kappa shape index (κ2) is 11.2. The molecule has 2 atom stereocenters. The summed E-state index contributed by atoms with van der Waals surface area (Å²) in [6.07, 6.45) is 27.1. The van der Waals surface area contributed by atoms with Crippen LogP contribution >= 0.6 is 0 Å². The topological polar surface area (TPSA) is 0 Å². The Bertz CT molecular complexity index is 645. The molecule has 0 amide bonds. The van der Waals surface area contributed by atoms with Gasteiger partial charge in [-0.1, -0.05) is 93.9 Å². The van der Waals surface area contributed by atoms with Gasteiger partial charge in [0.1, 0.15) is 0 Å². The third kappa shape index (κ3) is 7.34. The molecule has 0 spiro atoms. The molecule has 0 aromatic rings. The van der Waals surface area contributed by atoms with E-state index in [0.717, 1.165) is 35.5 Å². The van der Waals surface area contributed by atoms with Crippen molar-refractivity contribution in [3.05, 3.63) is 0 Å². The Hall–Kier alpha value is 0. The monoisotopic (exact) mass is 499 g/mol. The van der Waals surface area contributed by atoms with E-state index in [1.807, 2.05) is 0 Å². The van der Waals surface area contributed by atoms with Gasteiger partial charge in [-0.15, -0.1) is 0 Å². The molecule has 8 saturated carbocycles. The predicted octanol–water partition coefficient (Wildman–Crippen LogP) is 11.9. The molecule has 0 aromatic carbocycles. The van der Waals surface area contributed by atoms with Gasteiger partial charge in [0.05, 0.1) is 0 Å². The molecule has 0 nitrogen and oxygen atoms in total. The average Bonchev–Trinajstić information content (AvgIpc) is 3.48. The highest BCUT2D eigenvalue weighted by atomic mass is 14.6. The Kier molecular flexibility index (Phi) is 9.05. The van der Waals surface area contributed by atoms with E-state index in [2.05, 4.69) is 55.4 Å². The molecule has 8 aliphatic rings. The fourth-order valence-electron chi connectivity index (χ4n) is 10.1. The van der Waals surface area contributed by atoms with Crippen molar-refractivity contribution in [3.8, 4) is 0 Å². The molecule has 8 fully saturated rings. The van der Waals surface area contributed by atoms with Crippen molar-refractivity contribution in [2.45, 2.75) is 171 Å². The standard InChI is InChI=1S/C12H20.C9H16.C8H16.C7H14/c1-12(2)10-4-8-3-9(6-10)7-11(12)5-8;1-9(2)6-7-3-4-8(9)5-7;1-8(2)6-4-3-5-7-8;1-7(2)5-3-4-6-7/h8-11H,3-7H2,1-2H3;7-8H,3-6H2,1-2H3;3-7H2,1-2H3;3-6H2,1-2H3. The van der Waals surface area contributed by atoms with Crippen LogP contribution in [-0.4, -0.2) is 0 Å². The van der Waals surface area contributed by atoms with E-state index in [9.17, 15) is 0 Å². The van der Waals surface area contributed by atoms with E-state index in [1.165, 1.54) is 77.0 Å². The summed E-state index contributed by atoms with van der Waals surface area (Å²) in [5.41, 5.74) is 2.79. The van der Waals surface area contributed by atoms with Crippen molar-refractivity contribution >= 4 is 0 Å². The maximum absolute atomic E-state index is 2.53. The minimum Gasteiger partial charge on any atom is -0.0599 e. The quantitative estimate of drug-likeness (QED) is 0.311. The van der Waals surface area contributed by atoms with Gasteiger partial charge < -0.3 is 0 Å². The van der Waals surface area contributed by atoms with Crippen LogP contribution in [0.1, 0.15) is 171 Å². The predicted molar refractivity (Wildman–Crippen MR) is 159 cm³/mol. The van der Waals surface area contributed by atoms with Crippen LogP contribution in [0.2, 0.25) is 0 Å². The number of fused-ring (bicyclic) bond motifs is 2. The summed E-state index contributed by atoms with van der Waals surface area (Å²) in [5.74, 6) is 6.66. The van der Waals surface area contributed by atoms with Gasteiger partial charge in [0.15, 0.2) is 0 Å². The first kappa shape index (κ1) is 29.0. The zero-order chi connectivity index (χ0) is 26.2.